The Morgan fingerprint density at radius 2 is 2.06 bits per heavy atom. The van der Waals surface area contributed by atoms with Crippen LogP contribution in [0.3, 0.4) is 0 Å². The van der Waals surface area contributed by atoms with E-state index in [0.29, 0.717) is 36.1 Å². The van der Waals surface area contributed by atoms with Crippen LogP contribution in [0.4, 0.5) is 22.2 Å². The lowest BCUT2D eigenvalue weighted by Crippen LogP contribution is -2.46. The molecule has 0 saturated carbocycles. The predicted molar refractivity (Wildman–Crippen MR) is 121 cm³/mol. The first kappa shape index (κ1) is 22.0. The number of carbonyl (C=O) groups excluding carboxylic acids is 1. The van der Waals surface area contributed by atoms with Crippen molar-refractivity contribution in [3.05, 3.63) is 46.3 Å². The Kier molecular flexibility index (Phi) is 6.51. The van der Waals surface area contributed by atoms with Crippen LogP contribution in [0.2, 0.25) is 0 Å². The number of anilines is 2. The molecule has 12 heteroatoms. The lowest BCUT2D eigenvalue weighted by molar-refractivity contribution is -0.402. The van der Waals surface area contributed by atoms with E-state index in [1.165, 1.54) is 6.07 Å². The Morgan fingerprint density at radius 1 is 1.28 bits per heavy atom. The van der Waals surface area contributed by atoms with Gasteiger partial charge in [-0.25, -0.2) is 9.78 Å². The van der Waals surface area contributed by atoms with Gasteiger partial charge in [0.15, 0.2) is 0 Å². The molecule has 1 amide bonds. The molecule has 0 aromatic carbocycles. The van der Waals surface area contributed by atoms with Crippen LogP contribution in [0.15, 0.2) is 34.9 Å². The van der Waals surface area contributed by atoms with Gasteiger partial charge >= 0.3 is 12.0 Å². The Balaban J connectivity index is 1.29. The number of nitrogens with one attached hydrogen (secondary N) is 1. The molecule has 1 atom stereocenters. The van der Waals surface area contributed by atoms with Crippen LogP contribution in [0.5, 0.6) is 0 Å². The number of furan rings is 1. The van der Waals surface area contributed by atoms with Crippen LogP contribution in [-0.4, -0.2) is 71.3 Å². The van der Waals surface area contributed by atoms with E-state index in [-0.39, 0.29) is 18.1 Å². The lowest BCUT2D eigenvalue weighted by atomic mass is 10.2. The Bertz CT molecular complexity index is 989. The van der Waals surface area contributed by atoms with Gasteiger partial charge in [-0.15, -0.1) is 0 Å². The molecule has 0 radical (unpaired) electrons. The maximum absolute atomic E-state index is 12.2. The number of hydrogen-bond acceptors (Lipinski definition) is 9. The van der Waals surface area contributed by atoms with E-state index in [0.717, 1.165) is 32.0 Å². The average molecular weight is 461 g/mol. The molecule has 2 fully saturated rings. The minimum absolute atomic E-state index is 0.235. The highest BCUT2D eigenvalue weighted by Crippen LogP contribution is 2.24. The van der Waals surface area contributed by atoms with Crippen LogP contribution in [-0.2, 0) is 11.3 Å². The van der Waals surface area contributed by atoms with E-state index >= 15 is 0 Å². The maximum Gasteiger partial charge on any atom is 0.433 e. The summed E-state index contributed by atoms with van der Waals surface area (Å²) in [4.78, 5) is 33.5. The molecule has 0 spiro atoms. The van der Waals surface area contributed by atoms with Crippen molar-refractivity contribution in [2.24, 2.45) is 0 Å². The van der Waals surface area contributed by atoms with Crippen molar-refractivity contribution in [3.63, 3.8) is 0 Å². The summed E-state index contributed by atoms with van der Waals surface area (Å²) < 4.78 is 10.6. The minimum Gasteiger partial charge on any atom is -0.442 e. The van der Waals surface area contributed by atoms with E-state index in [2.05, 4.69) is 20.1 Å². The quantitative estimate of drug-likeness (QED) is 0.374. The summed E-state index contributed by atoms with van der Waals surface area (Å²) in [7, 11) is 0. The number of ether oxygens (including phenoxy) is 1. The third-order valence-corrected chi connectivity index (χ3v) is 5.54. The second-order valence-corrected chi connectivity index (χ2v) is 8.30. The SMILES string of the molecule is CC(=S)NC[C@H]1CN(c2ccc(N3CCN(Cc4ccc([N+](=O)[O-])o4)CC3)nc2)C(=O)O1. The Labute approximate surface area is 190 Å². The summed E-state index contributed by atoms with van der Waals surface area (Å²) in [6.45, 7) is 6.35. The van der Waals surface area contributed by atoms with Gasteiger partial charge in [0, 0.05) is 26.2 Å². The third-order valence-electron chi connectivity index (χ3n) is 5.40. The van der Waals surface area contributed by atoms with Crippen molar-refractivity contribution in [1.82, 2.24) is 15.2 Å². The molecule has 2 aromatic heterocycles. The summed E-state index contributed by atoms with van der Waals surface area (Å²) in [5.74, 6) is 1.18. The van der Waals surface area contributed by atoms with E-state index in [1.807, 2.05) is 12.1 Å². The highest BCUT2D eigenvalue weighted by atomic mass is 32.1. The van der Waals surface area contributed by atoms with Gasteiger partial charge in [-0.2, -0.15) is 0 Å². The molecule has 4 heterocycles. The van der Waals surface area contributed by atoms with Gasteiger partial charge in [-0.3, -0.25) is 19.9 Å². The van der Waals surface area contributed by atoms with E-state index in [4.69, 9.17) is 21.4 Å². The second kappa shape index (κ2) is 9.49. The summed E-state index contributed by atoms with van der Waals surface area (Å²) in [5.41, 5.74) is 0.693. The van der Waals surface area contributed by atoms with Crippen LogP contribution in [0.25, 0.3) is 0 Å². The molecule has 4 rings (SSSR count). The molecule has 2 aliphatic heterocycles. The molecule has 1 N–H and O–H groups in total. The van der Waals surface area contributed by atoms with Gasteiger partial charge in [0.05, 0.1) is 42.6 Å². The number of nitrogens with zero attached hydrogens (tertiary/aromatic N) is 5. The topological polar surface area (TPSA) is 117 Å². The van der Waals surface area contributed by atoms with Crippen LogP contribution in [0, 0.1) is 10.1 Å². The predicted octanol–water partition coefficient (Wildman–Crippen LogP) is 2.17. The molecular formula is C20H24N6O5S. The molecule has 170 valence electrons. The average Bonchev–Trinajstić information content (AvgIpc) is 3.40. The second-order valence-electron chi connectivity index (χ2n) is 7.69. The number of carbonyl (C=O) groups is 1. The van der Waals surface area contributed by atoms with Crippen molar-refractivity contribution in [1.29, 1.82) is 0 Å². The van der Waals surface area contributed by atoms with Gasteiger partial charge < -0.3 is 19.4 Å². The third kappa shape index (κ3) is 5.14. The van der Waals surface area contributed by atoms with Crippen molar-refractivity contribution in [2.75, 3.05) is 49.1 Å². The van der Waals surface area contributed by atoms with E-state index < -0.39 is 4.92 Å². The van der Waals surface area contributed by atoms with E-state index in [1.54, 1.807) is 24.1 Å². The van der Waals surface area contributed by atoms with Crippen molar-refractivity contribution in [2.45, 2.75) is 19.6 Å². The normalized spacial score (nSPS) is 19.2. The zero-order valence-electron chi connectivity index (χ0n) is 17.6. The summed E-state index contributed by atoms with van der Waals surface area (Å²) in [6.07, 6.45) is 1.04. The van der Waals surface area contributed by atoms with Gasteiger partial charge in [0.1, 0.15) is 22.6 Å². The van der Waals surface area contributed by atoms with Gasteiger partial charge in [0.25, 0.3) is 0 Å². The van der Waals surface area contributed by atoms with E-state index in [9.17, 15) is 14.9 Å². The number of piperazine rings is 1. The summed E-state index contributed by atoms with van der Waals surface area (Å²) >= 11 is 5.00. The monoisotopic (exact) mass is 460 g/mol. The Morgan fingerprint density at radius 3 is 2.69 bits per heavy atom. The highest BCUT2D eigenvalue weighted by Gasteiger charge is 2.32. The molecule has 0 bridgehead atoms. The van der Waals surface area contributed by atoms with Crippen molar-refractivity contribution >= 4 is 40.7 Å². The number of pyridine rings is 1. The largest absolute Gasteiger partial charge is 0.442 e. The molecule has 2 aromatic rings. The maximum atomic E-state index is 12.2. The molecule has 2 saturated heterocycles. The number of amides is 1. The number of cyclic esters (lactones) is 1. The Hall–Kier alpha value is -3.25. The fourth-order valence-corrected chi connectivity index (χ4v) is 3.81. The zero-order valence-corrected chi connectivity index (χ0v) is 18.4. The zero-order chi connectivity index (χ0) is 22.7. The van der Waals surface area contributed by atoms with Crippen LogP contribution >= 0.6 is 12.2 Å². The number of rotatable bonds is 7. The number of nitro groups is 1. The number of aromatic nitrogens is 1. The number of hydrogen-bond donors (Lipinski definition) is 1. The first-order valence-corrected chi connectivity index (χ1v) is 10.7. The van der Waals surface area contributed by atoms with Crippen LogP contribution < -0.4 is 15.1 Å². The molecular weight excluding hydrogens is 436 g/mol. The van der Waals surface area contributed by atoms with Gasteiger partial charge in [-0.1, -0.05) is 12.2 Å². The van der Waals surface area contributed by atoms with Crippen molar-refractivity contribution < 1.29 is 18.9 Å². The number of thiocarbonyl (C=S) groups is 1. The fraction of sp³-hybridized carbons (Fsp3) is 0.450. The van der Waals surface area contributed by atoms with Gasteiger partial charge in [-0.05, 0) is 25.1 Å². The van der Waals surface area contributed by atoms with Crippen LogP contribution in [0.1, 0.15) is 12.7 Å². The standard InChI is InChI=1S/C20H24N6O5S/c1-14(32)21-11-17-13-25(20(27)31-17)15-2-4-18(22-10-15)24-8-6-23(7-9-24)12-16-3-5-19(30-16)26(28)29/h2-5,10,17H,6-9,11-13H2,1H3,(H,21,32)/t17-/m0/s1. The highest BCUT2D eigenvalue weighted by molar-refractivity contribution is 7.80. The first-order valence-electron chi connectivity index (χ1n) is 10.3. The molecule has 32 heavy (non-hydrogen) atoms. The summed E-state index contributed by atoms with van der Waals surface area (Å²) in [6, 6.07) is 6.80. The van der Waals surface area contributed by atoms with Gasteiger partial charge in [0.2, 0.25) is 0 Å². The van der Waals surface area contributed by atoms with Crippen molar-refractivity contribution in [3.8, 4) is 0 Å². The molecule has 11 nitrogen and oxygen atoms in total. The minimum atomic E-state index is -0.532. The molecule has 0 unspecified atom stereocenters. The molecule has 0 aliphatic carbocycles. The summed E-state index contributed by atoms with van der Waals surface area (Å²) in [5, 5.41) is 13.8. The first-order chi connectivity index (χ1) is 15.4. The lowest BCUT2D eigenvalue weighted by Gasteiger charge is -2.35. The molecule has 2 aliphatic rings. The smallest absolute Gasteiger partial charge is 0.433 e. The fourth-order valence-electron chi connectivity index (χ4n) is 3.73.